The lowest BCUT2D eigenvalue weighted by atomic mass is 10.1. The summed E-state index contributed by atoms with van der Waals surface area (Å²) in [6.45, 7) is 1.30. The predicted molar refractivity (Wildman–Crippen MR) is 118 cm³/mol. The number of halogens is 3. The van der Waals surface area contributed by atoms with E-state index in [1.54, 1.807) is 19.1 Å². The van der Waals surface area contributed by atoms with Crippen molar-refractivity contribution >= 4 is 34.3 Å². The van der Waals surface area contributed by atoms with Crippen LogP contribution in [0.25, 0.3) is 10.9 Å². The van der Waals surface area contributed by atoms with Crippen LogP contribution in [0.3, 0.4) is 0 Å². The number of hydrogen-bond acceptors (Lipinski definition) is 4. The number of amides is 1. The van der Waals surface area contributed by atoms with E-state index in [0.29, 0.717) is 39.5 Å². The average Bonchev–Trinajstić information content (AvgIpc) is 3.01. The van der Waals surface area contributed by atoms with E-state index in [4.69, 9.17) is 16.3 Å². The second-order valence-corrected chi connectivity index (χ2v) is 7.55. The molecular formula is C23H23ClF2N2O4. The summed E-state index contributed by atoms with van der Waals surface area (Å²) >= 11 is 6.31. The molecule has 1 N–H and O–H groups in total. The van der Waals surface area contributed by atoms with Gasteiger partial charge in [-0.3, -0.25) is 14.2 Å². The third-order valence-corrected chi connectivity index (χ3v) is 5.34. The van der Waals surface area contributed by atoms with Crippen LogP contribution in [0.4, 0.5) is 8.78 Å². The summed E-state index contributed by atoms with van der Waals surface area (Å²) < 4.78 is 35.9. The van der Waals surface area contributed by atoms with Crippen LogP contribution in [0.1, 0.15) is 35.0 Å². The van der Waals surface area contributed by atoms with Gasteiger partial charge in [0.1, 0.15) is 11.5 Å². The SMILES string of the molecule is CCCNC(=O)Cc1c(C)n(C(=O)c2ccc(OC(F)F)cc2)c2cc(Cl)c(OC)cc12. The second-order valence-electron chi connectivity index (χ2n) is 7.14. The number of nitrogens with zero attached hydrogens (tertiary/aromatic N) is 1. The Morgan fingerprint density at radius 3 is 2.47 bits per heavy atom. The Morgan fingerprint density at radius 1 is 1.19 bits per heavy atom. The first-order valence-electron chi connectivity index (χ1n) is 10.0. The number of ether oxygens (including phenoxy) is 2. The monoisotopic (exact) mass is 464 g/mol. The van der Waals surface area contributed by atoms with Gasteiger partial charge in [-0.25, -0.2) is 0 Å². The minimum absolute atomic E-state index is 0.0494. The van der Waals surface area contributed by atoms with E-state index in [9.17, 15) is 18.4 Å². The molecule has 0 unspecified atom stereocenters. The lowest BCUT2D eigenvalue weighted by Crippen LogP contribution is -2.26. The summed E-state index contributed by atoms with van der Waals surface area (Å²) in [6, 6.07) is 8.73. The molecule has 0 spiro atoms. The van der Waals surface area contributed by atoms with Crippen LogP contribution in [-0.2, 0) is 11.2 Å². The van der Waals surface area contributed by atoms with Gasteiger partial charge in [0.15, 0.2) is 0 Å². The maximum atomic E-state index is 13.4. The van der Waals surface area contributed by atoms with E-state index in [1.165, 1.54) is 35.9 Å². The first-order valence-corrected chi connectivity index (χ1v) is 10.4. The number of carbonyl (C=O) groups is 2. The smallest absolute Gasteiger partial charge is 0.387 e. The summed E-state index contributed by atoms with van der Waals surface area (Å²) in [5, 5.41) is 3.82. The highest BCUT2D eigenvalue weighted by Gasteiger charge is 2.23. The van der Waals surface area contributed by atoms with Crippen LogP contribution in [0, 0.1) is 6.92 Å². The first kappa shape index (κ1) is 23.5. The zero-order chi connectivity index (χ0) is 23.4. The molecule has 0 saturated heterocycles. The average molecular weight is 465 g/mol. The molecule has 170 valence electrons. The number of nitrogens with one attached hydrogen (secondary N) is 1. The third kappa shape index (κ3) is 4.85. The van der Waals surface area contributed by atoms with E-state index in [0.717, 1.165) is 6.42 Å². The molecular weight excluding hydrogens is 442 g/mol. The summed E-state index contributed by atoms with van der Waals surface area (Å²) in [7, 11) is 1.48. The molecule has 0 radical (unpaired) electrons. The Balaban J connectivity index is 2.09. The van der Waals surface area contributed by atoms with Crippen molar-refractivity contribution in [1.29, 1.82) is 0 Å². The fourth-order valence-corrected chi connectivity index (χ4v) is 3.75. The van der Waals surface area contributed by atoms with Gasteiger partial charge in [-0.15, -0.1) is 0 Å². The van der Waals surface area contributed by atoms with Crippen LogP contribution in [-0.4, -0.2) is 36.6 Å². The second kappa shape index (κ2) is 9.99. The highest BCUT2D eigenvalue weighted by Crippen LogP contribution is 2.35. The van der Waals surface area contributed by atoms with E-state index in [1.807, 2.05) is 6.92 Å². The molecule has 0 bridgehead atoms. The quantitative estimate of drug-likeness (QED) is 0.511. The number of alkyl halides is 2. The third-order valence-electron chi connectivity index (χ3n) is 5.05. The molecule has 1 heterocycles. The van der Waals surface area contributed by atoms with Gasteiger partial charge >= 0.3 is 6.61 Å². The summed E-state index contributed by atoms with van der Waals surface area (Å²) in [5.41, 5.74) is 2.04. The molecule has 3 rings (SSSR count). The number of carbonyl (C=O) groups excluding carboxylic acids is 2. The van der Waals surface area contributed by atoms with E-state index >= 15 is 0 Å². The maximum absolute atomic E-state index is 13.4. The normalized spacial score (nSPS) is 11.1. The Kier molecular flexibility index (Phi) is 7.35. The van der Waals surface area contributed by atoms with Crippen molar-refractivity contribution in [2.24, 2.45) is 0 Å². The highest BCUT2D eigenvalue weighted by molar-refractivity contribution is 6.33. The molecule has 0 aliphatic heterocycles. The van der Waals surface area contributed by atoms with E-state index in [2.05, 4.69) is 10.1 Å². The molecule has 0 aliphatic carbocycles. The highest BCUT2D eigenvalue weighted by atomic mass is 35.5. The van der Waals surface area contributed by atoms with Gasteiger partial charge in [-0.05, 0) is 55.3 Å². The van der Waals surface area contributed by atoms with Crippen LogP contribution in [0.5, 0.6) is 11.5 Å². The Labute approximate surface area is 189 Å². The zero-order valence-electron chi connectivity index (χ0n) is 17.9. The number of rotatable bonds is 8. The van der Waals surface area contributed by atoms with Crippen molar-refractivity contribution in [2.75, 3.05) is 13.7 Å². The van der Waals surface area contributed by atoms with Gasteiger partial charge in [0.25, 0.3) is 5.91 Å². The summed E-state index contributed by atoms with van der Waals surface area (Å²) in [6.07, 6.45) is 0.883. The minimum Gasteiger partial charge on any atom is -0.495 e. The zero-order valence-corrected chi connectivity index (χ0v) is 18.6. The Bertz CT molecular complexity index is 1140. The molecule has 6 nitrogen and oxygen atoms in total. The van der Waals surface area contributed by atoms with Crippen LogP contribution < -0.4 is 14.8 Å². The number of methoxy groups -OCH3 is 1. The van der Waals surface area contributed by atoms with Gasteiger partial charge in [-0.2, -0.15) is 8.78 Å². The number of aromatic nitrogens is 1. The molecule has 0 fully saturated rings. The molecule has 9 heteroatoms. The molecule has 0 atom stereocenters. The maximum Gasteiger partial charge on any atom is 0.387 e. The Morgan fingerprint density at radius 2 is 1.88 bits per heavy atom. The molecule has 1 amide bonds. The van der Waals surface area contributed by atoms with E-state index in [-0.39, 0.29) is 23.6 Å². The van der Waals surface area contributed by atoms with Crippen molar-refractivity contribution in [3.8, 4) is 11.5 Å². The van der Waals surface area contributed by atoms with Crippen LogP contribution in [0.2, 0.25) is 5.02 Å². The fraction of sp³-hybridized carbons (Fsp3) is 0.304. The van der Waals surface area contributed by atoms with Gasteiger partial charge < -0.3 is 14.8 Å². The van der Waals surface area contributed by atoms with Crippen molar-refractivity contribution in [1.82, 2.24) is 9.88 Å². The van der Waals surface area contributed by atoms with Gasteiger partial charge in [-0.1, -0.05) is 18.5 Å². The van der Waals surface area contributed by atoms with Gasteiger partial charge in [0.2, 0.25) is 5.91 Å². The Hall–Kier alpha value is -3.13. The van der Waals surface area contributed by atoms with Crippen LogP contribution >= 0.6 is 11.6 Å². The molecule has 3 aromatic rings. The minimum atomic E-state index is -2.95. The summed E-state index contributed by atoms with van der Waals surface area (Å²) in [4.78, 5) is 25.8. The van der Waals surface area contributed by atoms with Crippen molar-refractivity contribution < 1.29 is 27.8 Å². The van der Waals surface area contributed by atoms with E-state index < -0.39 is 12.5 Å². The lowest BCUT2D eigenvalue weighted by molar-refractivity contribution is -0.120. The van der Waals surface area contributed by atoms with Gasteiger partial charge in [0.05, 0.1) is 24.1 Å². The summed E-state index contributed by atoms with van der Waals surface area (Å²) in [5.74, 6) is -0.180. The molecule has 2 aromatic carbocycles. The molecule has 0 saturated carbocycles. The molecule has 1 aromatic heterocycles. The topological polar surface area (TPSA) is 69.6 Å². The number of hydrogen-bond donors (Lipinski definition) is 1. The first-order chi connectivity index (χ1) is 15.3. The fourth-order valence-electron chi connectivity index (χ4n) is 3.52. The number of fused-ring (bicyclic) bond motifs is 1. The lowest BCUT2D eigenvalue weighted by Gasteiger charge is -2.10. The predicted octanol–water partition coefficient (Wildman–Crippen LogP) is 4.97. The van der Waals surface area contributed by atoms with Crippen molar-refractivity contribution in [3.05, 3.63) is 58.2 Å². The number of benzene rings is 2. The molecule has 32 heavy (non-hydrogen) atoms. The van der Waals surface area contributed by atoms with Crippen LogP contribution in [0.15, 0.2) is 36.4 Å². The largest absolute Gasteiger partial charge is 0.495 e. The van der Waals surface area contributed by atoms with Crippen molar-refractivity contribution in [3.63, 3.8) is 0 Å². The van der Waals surface area contributed by atoms with Crippen molar-refractivity contribution in [2.45, 2.75) is 33.3 Å². The van der Waals surface area contributed by atoms with Gasteiger partial charge in [0, 0.05) is 23.2 Å². The molecule has 0 aliphatic rings. The standard InChI is InChI=1S/C23H23ClF2N2O4/c1-4-9-27-21(29)11-16-13(2)28(19-12-18(24)20(31-3)10-17(16)19)22(30)14-5-7-15(8-6-14)32-23(25)26/h5-8,10,12,23H,4,9,11H2,1-3H3,(H,27,29).